The van der Waals surface area contributed by atoms with Crippen molar-refractivity contribution in [2.45, 2.75) is 50.8 Å². The molecule has 41 heavy (non-hydrogen) atoms. The maximum atomic E-state index is 14.2. The first-order valence-electron chi connectivity index (χ1n) is 14.1. The summed E-state index contributed by atoms with van der Waals surface area (Å²) in [6, 6.07) is 11.9. The molecule has 0 radical (unpaired) electrons. The number of anilines is 1. The van der Waals surface area contributed by atoms with Crippen molar-refractivity contribution >= 4 is 22.5 Å². The van der Waals surface area contributed by atoms with Gasteiger partial charge in [0.25, 0.3) is 0 Å². The summed E-state index contributed by atoms with van der Waals surface area (Å²) in [6.45, 7) is 0.714. The molecular weight excluding hydrogens is 521 g/mol. The van der Waals surface area contributed by atoms with Crippen LogP contribution in [-0.4, -0.2) is 52.0 Å². The zero-order valence-corrected chi connectivity index (χ0v) is 22.3. The SMILES string of the molecule is Fc1cncc(-c2nc(NC3CCc4[nH]c5ccccc5c4C3)n3ncc(-c4ccnn4C4CCCCO4)c3n2)c1. The number of H-pyrrole nitrogens is 1. The summed E-state index contributed by atoms with van der Waals surface area (Å²) in [5, 5.41) is 14.2. The van der Waals surface area contributed by atoms with E-state index in [2.05, 4.69) is 44.6 Å². The van der Waals surface area contributed by atoms with E-state index in [4.69, 9.17) is 19.8 Å². The minimum absolute atomic E-state index is 0.132. The van der Waals surface area contributed by atoms with Crippen LogP contribution in [0.3, 0.4) is 0 Å². The molecule has 8 rings (SSSR count). The van der Waals surface area contributed by atoms with Gasteiger partial charge in [-0.2, -0.15) is 19.7 Å². The Balaban J connectivity index is 1.22. The van der Waals surface area contributed by atoms with Crippen LogP contribution in [0.25, 0.3) is 39.2 Å². The monoisotopic (exact) mass is 549 g/mol. The fourth-order valence-corrected chi connectivity index (χ4v) is 6.16. The molecule has 11 heteroatoms. The minimum atomic E-state index is -0.444. The number of nitrogens with zero attached hydrogens (tertiary/aromatic N) is 7. The summed E-state index contributed by atoms with van der Waals surface area (Å²) in [7, 11) is 0. The van der Waals surface area contributed by atoms with Gasteiger partial charge in [-0.3, -0.25) is 4.98 Å². The zero-order chi connectivity index (χ0) is 27.3. The summed E-state index contributed by atoms with van der Waals surface area (Å²) in [6.07, 6.45) is 11.9. The Morgan fingerprint density at radius 1 is 1.02 bits per heavy atom. The van der Waals surface area contributed by atoms with E-state index in [1.165, 1.54) is 34.4 Å². The van der Waals surface area contributed by atoms with Crippen LogP contribution < -0.4 is 5.32 Å². The third kappa shape index (κ3) is 4.24. The van der Waals surface area contributed by atoms with Crippen molar-refractivity contribution in [3.05, 3.63) is 78.3 Å². The fraction of sp³-hybridized carbons (Fsp3) is 0.300. The summed E-state index contributed by atoms with van der Waals surface area (Å²) in [5.41, 5.74) is 6.55. The van der Waals surface area contributed by atoms with Crippen LogP contribution in [0, 0.1) is 5.82 Å². The van der Waals surface area contributed by atoms with Crippen molar-refractivity contribution in [1.82, 2.24) is 39.3 Å². The summed E-state index contributed by atoms with van der Waals surface area (Å²) in [5.74, 6) is 0.479. The van der Waals surface area contributed by atoms with Gasteiger partial charge in [0.15, 0.2) is 17.7 Å². The van der Waals surface area contributed by atoms with Crippen LogP contribution in [-0.2, 0) is 17.6 Å². The van der Waals surface area contributed by atoms with Gasteiger partial charge in [0, 0.05) is 47.2 Å². The molecule has 1 aliphatic heterocycles. The van der Waals surface area contributed by atoms with Crippen molar-refractivity contribution in [3.8, 4) is 22.6 Å². The Kier molecular flexibility index (Phi) is 5.76. The van der Waals surface area contributed by atoms with Crippen LogP contribution in [0.4, 0.5) is 10.3 Å². The van der Waals surface area contributed by atoms with Crippen LogP contribution in [0.15, 0.2) is 61.2 Å². The molecule has 1 fully saturated rings. The van der Waals surface area contributed by atoms with Gasteiger partial charge in [-0.05, 0) is 62.3 Å². The molecule has 1 aromatic carbocycles. The number of aromatic amines is 1. The number of aryl methyl sites for hydroxylation is 1. The molecule has 0 bridgehead atoms. The number of fused-ring (bicyclic) bond motifs is 4. The van der Waals surface area contributed by atoms with Crippen molar-refractivity contribution < 1.29 is 9.13 Å². The Labute approximate surface area is 234 Å². The molecule has 6 heterocycles. The fourth-order valence-electron chi connectivity index (χ4n) is 6.16. The molecule has 2 atom stereocenters. The van der Waals surface area contributed by atoms with Crippen LogP contribution in [0.2, 0.25) is 0 Å². The van der Waals surface area contributed by atoms with Crippen molar-refractivity contribution in [2.75, 3.05) is 11.9 Å². The molecule has 5 aromatic heterocycles. The van der Waals surface area contributed by atoms with Gasteiger partial charge in [-0.25, -0.2) is 14.1 Å². The first-order valence-corrected chi connectivity index (χ1v) is 14.1. The third-order valence-corrected chi connectivity index (χ3v) is 8.13. The molecule has 0 saturated carbocycles. The lowest BCUT2D eigenvalue weighted by Crippen LogP contribution is -2.29. The standard InChI is InChI=1S/C30H28FN9O/c31-19-13-18(15-32-16-19)28-37-29-23(26-10-11-33-39(26)27-7-3-4-12-41-27)17-34-40(29)30(38-28)35-20-8-9-25-22(14-20)21-5-1-2-6-24(21)36-25/h1-2,5-6,10-11,13,15-17,20,27,36H,3-4,7-9,12,14H2,(H,35,37,38). The average Bonchev–Trinajstić information content (AvgIpc) is 3.74. The number of ether oxygens (including phenoxy) is 1. The second kappa shape index (κ2) is 9.77. The van der Waals surface area contributed by atoms with Gasteiger partial charge in [-0.15, -0.1) is 0 Å². The van der Waals surface area contributed by atoms with Crippen LogP contribution in [0.1, 0.15) is 43.2 Å². The number of rotatable bonds is 5. The molecule has 2 aliphatic rings. The quantitative estimate of drug-likeness (QED) is 0.299. The van der Waals surface area contributed by atoms with Crippen molar-refractivity contribution in [1.29, 1.82) is 0 Å². The van der Waals surface area contributed by atoms with E-state index in [9.17, 15) is 4.39 Å². The molecule has 1 saturated heterocycles. The highest BCUT2D eigenvalue weighted by atomic mass is 19.1. The molecular formula is C30H28FN9O. The Morgan fingerprint density at radius 3 is 2.88 bits per heavy atom. The second-order valence-electron chi connectivity index (χ2n) is 10.8. The van der Waals surface area contributed by atoms with Gasteiger partial charge in [-0.1, -0.05) is 18.2 Å². The number of para-hydroxylation sites is 1. The summed E-state index contributed by atoms with van der Waals surface area (Å²) in [4.78, 5) is 17.3. The largest absolute Gasteiger partial charge is 0.358 e. The van der Waals surface area contributed by atoms with Gasteiger partial charge in [0.2, 0.25) is 5.95 Å². The van der Waals surface area contributed by atoms with Gasteiger partial charge in [0.05, 0.1) is 23.7 Å². The topological polar surface area (TPSA) is 111 Å². The zero-order valence-electron chi connectivity index (χ0n) is 22.3. The van der Waals surface area contributed by atoms with E-state index < -0.39 is 5.82 Å². The first kappa shape index (κ1) is 24.2. The van der Waals surface area contributed by atoms with Crippen molar-refractivity contribution in [3.63, 3.8) is 0 Å². The lowest BCUT2D eigenvalue weighted by atomic mass is 9.91. The third-order valence-electron chi connectivity index (χ3n) is 8.13. The Hall–Kier alpha value is -4.64. The van der Waals surface area contributed by atoms with E-state index in [0.717, 1.165) is 49.8 Å². The minimum Gasteiger partial charge on any atom is -0.358 e. The number of pyridine rings is 1. The number of benzene rings is 1. The predicted octanol–water partition coefficient (Wildman–Crippen LogP) is 5.34. The number of hydrogen-bond acceptors (Lipinski definition) is 7. The van der Waals surface area contributed by atoms with Crippen molar-refractivity contribution in [2.24, 2.45) is 0 Å². The number of aromatic nitrogens is 8. The highest BCUT2D eigenvalue weighted by Gasteiger charge is 2.26. The number of nitrogens with one attached hydrogen (secondary N) is 2. The highest BCUT2D eigenvalue weighted by Crippen LogP contribution is 2.33. The maximum Gasteiger partial charge on any atom is 0.228 e. The van der Waals surface area contributed by atoms with E-state index in [0.29, 0.717) is 29.6 Å². The highest BCUT2D eigenvalue weighted by molar-refractivity contribution is 5.85. The molecule has 6 aromatic rings. The molecule has 206 valence electrons. The molecule has 2 N–H and O–H groups in total. The molecule has 0 amide bonds. The van der Waals surface area contributed by atoms with E-state index in [1.807, 2.05) is 10.7 Å². The average molecular weight is 550 g/mol. The van der Waals surface area contributed by atoms with E-state index in [-0.39, 0.29) is 12.3 Å². The first-order chi connectivity index (χ1) is 20.2. The number of halogens is 1. The molecule has 10 nitrogen and oxygen atoms in total. The predicted molar refractivity (Wildman–Crippen MR) is 152 cm³/mol. The molecule has 2 unspecified atom stereocenters. The van der Waals surface area contributed by atoms with E-state index in [1.54, 1.807) is 23.1 Å². The summed E-state index contributed by atoms with van der Waals surface area (Å²) < 4.78 is 23.9. The Morgan fingerprint density at radius 2 is 1.98 bits per heavy atom. The lowest BCUT2D eigenvalue weighted by molar-refractivity contribution is -0.0383. The van der Waals surface area contributed by atoms with Crippen LogP contribution in [0.5, 0.6) is 0 Å². The molecule has 0 spiro atoms. The van der Waals surface area contributed by atoms with Gasteiger partial charge < -0.3 is 15.0 Å². The molecule has 1 aliphatic carbocycles. The number of hydrogen-bond donors (Lipinski definition) is 2. The van der Waals surface area contributed by atoms with E-state index >= 15 is 0 Å². The normalized spacial score (nSPS) is 19.0. The summed E-state index contributed by atoms with van der Waals surface area (Å²) >= 11 is 0. The smallest absolute Gasteiger partial charge is 0.228 e. The van der Waals surface area contributed by atoms with Crippen LogP contribution >= 0.6 is 0 Å². The Bertz CT molecular complexity index is 1880. The maximum absolute atomic E-state index is 14.2. The van der Waals surface area contributed by atoms with Gasteiger partial charge >= 0.3 is 0 Å². The lowest BCUT2D eigenvalue weighted by Gasteiger charge is -2.25. The van der Waals surface area contributed by atoms with Gasteiger partial charge in [0.1, 0.15) is 5.82 Å². The second-order valence-corrected chi connectivity index (χ2v) is 10.8.